The Hall–Kier alpha value is -3.67. The molecule has 0 bridgehead atoms. The van der Waals surface area contributed by atoms with Crippen molar-refractivity contribution in [2.45, 2.75) is 20.3 Å². The van der Waals surface area contributed by atoms with Gasteiger partial charge in [0, 0.05) is 23.4 Å². The van der Waals surface area contributed by atoms with Crippen molar-refractivity contribution in [1.29, 1.82) is 0 Å². The Balaban J connectivity index is 1.58. The minimum Gasteiger partial charge on any atom is -0.352 e. The molecule has 0 saturated carbocycles. The second kappa shape index (κ2) is 8.14. The largest absolute Gasteiger partial charge is 0.352 e. The Morgan fingerprint density at radius 1 is 1.03 bits per heavy atom. The van der Waals surface area contributed by atoms with Gasteiger partial charge < -0.3 is 10.6 Å². The number of fused-ring (bicyclic) bond motifs is 1. The fourth-order valence-corrected chi connectivity index (χ4v) is 3.16. The van der Waals surface area contributed by atoms with Gasteiger partial charge in [0.2, 0.25) is 5.95 Å². The van der Waals surface area contributed by atoms with Gasteiger partial charge in [0.05, 0.1) is 5.69 Å². The Labute approximate surface area is 169 Å². The van der Waals surface area contributed by atoms with Gasteiger partial charge in [0.25, 0.3) is 5.91 Å². The summed E-state index contributed by atoms with van der Waals surface area (Å²) in [4.78, 5) is 16.6. The van der Waals surface area contributed by atoms with Gasteiger partial charge >= 0.3 is 0 Å². The summed E-state index contributed by atoms with van der Waals surface area (Å²) in [6.07, 6.45) is 0.912. The van der Waals surface area contributed by atoms with E-state index < -0.39 is 0 Å². The second-order valence-electron chi connectivity index (χ2n) is 6.94. The first kappa shape index (κ1) is 18.7. The van der Waals surface area contributed by atoms with E-state index in [4.69, 9.17) is 0 Å². The van der Waals surface area contributed by atoms with Crippen LogP contribution in [0.15, 0.2) is 66.7 Å². The summed E-state index contributed by atoms with van der Waals surface area (Å²) in [7, 11) is 0. The molecule has 0 aliphatic carbocycles. The number of hydrogen-bond donors (Lipinski definition) is 2. The lowest BCUT2D eigenvalue weighted by molar-refractivity contribution is 0.0953. The van der Waals surface area contributed by atoms with Gasteiger partial charge in [-0.05, 0) is 55.8 Å². The molecule has 0 radical (unpaired) electrons. The second-order valence-corrected chi connectivity index (χ2v) is 6.94. The predicted octanol–water partition coefficient (Wildman–Crippen LogP) is 4.59. The van der Waals surface area contributed by atoms with E-state index in [1.165, 1.54) is 5.56 Å². The summed E-state index contributed by atoms with van der Waals surface area (Å²) in [6, 6.07) is 21.6. The molecule has 0 unspecified atom stereocenters. The maximum atomic E-state index is 12.0. The Morgan fingerprint density at radius 3 is 2.59 bits per heavy atom. The van der Waals surface area contributed by atoms with E-state index >= 15 is 0 Å². The molecule has 146 valence electrons. The van der Waals surface area contributed by atoms with E-state index in [9.17, 15) is 4.79 Å². The lowest BCUT2D eigenvalue weighted by atomic mass is 10.1. The number of benzene rings is 2. The average molecular weight is 385 g/mol. The molecule has 0 spiro atoms. The molecule has 0 fully saturated rings. The van der Waals surface area contributed by atoms with E-state index in [1.54, 1.807) is 12.1 Å². The molecule has 0 aliphatic rings. The highest BCUT2D eigenvalue weighted by atomic mass is 16.1. The molecule has 6 nitrogen and oxygen atoms in total. The molecule has 2 aromatic heterocycles. The van der Waals surface area contributed by atoms with Crippen molar-refractivity contribution in [2.24, 2.45) is 0 Å². The van der Waals surface area contributed by atoms with Crippen molar-refractivity contribution in [3.8, 4) is 11.3 Å². The monoisotopic (exact) mass is 385 g/mol. The standard InChI is InChI=1S/C23H23N5O/c1-3-14-24-22(29)17-10-12-19(13-11-17)25-23-26-21-9-5-8-20(28(21)27-23)18-7-4-6-16(2)15-18/h4-13,15H,3,14H2,1-2H3,(H,24,29)(H,25,27). The quantitative estimate of drug-likeness (QED) is 0.509. The molecule has 1 amide bonds. The normalized spacial score (nSPS) is 10.8. The van der Waals surface area contributed by atoms with E-state index in [0.29, 0.717) is 18.1 Å². The number of nitrogens with one attached hydrogen (secondary N) is 2. The van der Waals surface area contributed by atoms with Crippen molar-refractivity contribution in [3.05, 3.63) is 77.9 Å². The highest BCUT2D eigenvalue weighted by Crippen LogP contribution is 2.23. The maximum Gasteiger partial charge on any atom is 0.251 e. The number of anilines is 2. The van der Waals surface area contributed by atoms with Crippen LogP contribution in [0.4, 0.5) is 11.6 Å². The fraction of sp³-hybridized carbons (Fsp3) is 0.174. The smallest absolute Gasteiger partial charge is 0.251 e. The van der Waals surface area contributed by atoms with Gasteiger partial charge in [-0.2, -0.15) is 4.98 Å². The molecule has 4 aromatic rings. The van der Waals surface area contributed by atoms with Gasteiger partial charge in [-0.25, -0.2) is 4.52 Å². The molecular formula is C23H23N5O. The van der Waals surface area contributed by atoms with Crippen molar-refractivity contribution >= 4 is 23.2 Å². The van der Waals surface area contributed by atoms with E-state index in [-0.39, 0.29) is 5.91 Å². The van der Waals surface area contributed by atoms with Crippen LogP contribution in [-0.4, -0.2) is 27.0 Å². The number of carbonyl (C=O) groups excluding carboxylic acids is 1. The number of nitrogens with zero attached hydrogens (tertiary/aromatic N) is 3. The predicted molar refractivity (Wildman–Crippen MR) is 116 cm³/mol. The number of pyridine rings is 1. The molecule has 6 heteroatoms. The summed E-state index contributed by atoms with van der Waals surface area (Å²) in [6.45, 7) is 4.77. The lowest BCUT2D eigenvalue weighted by Crippen LogP contribution is -2.23. The van der Waals surface area contributed by atoms with E-state index in [0.717, 1.165) is 29.0 Å². The zero-order chi connectivity index (χ0) is 20.2. The first-order valence-electron chi connectivity index (χ1n) is 9.72. The molecule has 0 aliphatic heterocycles. The van der Waals surface area contributed by atoms with Crippen LogP contribution < -0.4 is 10.6 Å². The third-order valence-corrected chi connectivity index (χ3v) is 4.61. The summed E-state index contributed by atoms with van der Waals surface area (Å²) in [5, 5.41) is 10.7. The third-order valence-electron chi connectivity index (χ3n) is 4.61. The first-order chi connectivity index (χ1) is 14.1. The molecule has 0 saturated heterocycles. The third kappa shape index (κ3) is 4.11. The average Bonchev–Trinajstić information content (AvgIpc) is 3.15. The van der Waals surface area contributed by atoms with Crippen LogP contribution in [0.1, 0.15) is 29.3 Å². The molecule has 2 heterocycles. The topological polar surface area (TPSA) is 71.3 Å². The van der Waals surface area contributed by atoms with Crippen LogP contribution in [0, 0.1) is 6.92 Å². The van der Waals surface area contributed by atoms with Crippen molar-refractivity contribution in [1.82, 2.24) is 19.9 Å². The number of aryl methyl sites for hydroxylation is 1. The highest BCUT2D eigenvalue weighted by Gasteiger charge is 2.10. The molecule has 0 atom stereocenters. The zero-order valence-electron chi connectivity index (χ0n) is 16.5. The SMILES string of the molecule is CCCNC(=O)c1ccc(Nc2nc3cccc(-c4cccc(C)c4)n3n2)cc1. The van der Waals surface area contributed by atoms with Crippen molar-refractivity contribution in [3.63, 3.8) is 0 Å². The van der Waals surface area contributed by atoms with Crippen LogP contribution >= 0.6 is 0 Å². The van der Waals surface area contributed by atoms with Gasteiger partial charge in [0.1, 0.15) is 0 Å². The minimum atomic E-state index is -0.0629. The lowest BCUT2D eigenvalue weighted by Gasteiger charge is -2.06. The number of rotatable bonds is 6. The van der Waals surface area contributed by atoms with Crippen LogP contribution in [-0.2, 0) is 0 Å². The van der Waals surface area contributed by atoms with Crippen LogP contribution in [0.25, 0.3) is 16.9 Å². The summed E-state index contributed by atoms with van der Waals surface area (Å²) in [5.74, 6) is 0.445. The van der Waals surface area contributed by atoms with Crippen LogP contribution in [0.2, 0.25) is 0 Å². The summed E-state index contributed by atoms with van der Waals surface area (Å²) in [5.41, 5.74) is 5.49. The van der Waals surface area contributed by atoms with E-state index in [2.05, 4.69) is 45.8 Å². The number of amides is 1. The highest BCUT2D eigenvalue weighted by molar-refractivity contribution is 5.94. The maximum absolute atomic E-state index is 12.0. The first-order valence-corrected chi connectivity index (χ1v) is 9.72. The van der Waals surface area contributed by atoms with E-state index in [1.807, 2.05) is 47.8 Å². The van der Waals surface area contributed by atoms with Gasteiger partial charge in [-0.15, -0.1) is 5.10 Å². The Morgan fingerprint density at radius 2 is 1.83 bits per heavy atom. The van der Waals surface area contributed by atoms with Gasteiger partial charge in [-0.3, -0.25) is 4.79 Å². The minimum absolute atomic E-state index is 0.0629. The Kier molecular flexibility index (Phi) is 5.24. The van der Waals surface area contributed by atoms with Crippen molar-refractivity contribution in [2.75, 3.05) is 11.9 Å². The van der Waals surface area contributed by atoms with Crippen LogP contribution in [0.3, 0.4) is 0 Å². The van der Waals surface area contributed by atoms with Crippen LogP contribution in [0.5, 0.6) is 0 Å². The summed E-state index contributed by atoms with van der Waals surface area (Å²) >= 11 is 0. The molecule has 29 heavy (non-hydrogen) atoms. The summed E-state index contributed by atoms with van der Waals surface area (Å²) < 4.78 is 1.84. The number of hydrogen-bond acceptors (Lipinski definition) is 4. The fourth-order valence-electron chi connectivity index (χ4n) is 3.16. The molecule has 2 aromatic carbocycles. The molecule has 4 rings (SSSR count). The zero-order valence-corrected chi connectivity index (χ0v) is 16.5. The van der Waals surface area contributed by atoms with Crippen molar-refractivity contribution < 1.29 is 4.79 Å². The number of carbonyl (C=O) groups is 1. The molecular weight excluding hydrogens is 362 g/mol. The molecule has 2 N–H and O–H groups in total. The Bertz CT molecular complexity index is 1150. The van der Waals surface area contributed by atoms with Gasteiger partial charge in [-0.1, -0.05) is 36.8 Å². The van der Waals surface area contributed by atoms with Gasteiger partial charge in [0.15, 0.2) is 5.65 Å². The number of aromatic nitrogens is 3.